The van der Waals surface area contributed by atoms with E-state index in [2.05, 4.69) is 16.8 Å². The van der Waals surface area contributed by atoms with Crippen LogP contribution in [0.4, 0.5) is 0 Å². The van der Waals surface area contributed by atoms with Gasteiger partial charge in [0.2, 0.25) is 0 Å². The van der Waals surface area contributed by atoms with E-state index in [-0.39, 0.29) is 12.5 Å². The largest absolute Gasteiger partial charge is 0.384 e. The van der Waals surface area contributed by atoms with Crippen LogP contribution in [0.25, 0.3) is 0 Å². The fourth-order valence-electron chi connectivity index (χ4n) is 1.85. The minimum Gasteiger partial charge on any atom is -0.384 e. The van der Waals surface area contributed by atoms with E-state index in [0.717, 1.165) is 16.3 Å². The van der Waals surface area contributed by atoms with Gasteiger partial charge in [-0.3, -0.25) is 4.79 Å². The van der Waals surface area contributed by atoms with Crippen LogP contribution in [0.1, 0.15) is 26.6 Å². The molecule has 1 N–H and O–H groups in total. The SMILES string of the molecule is Cc1nc(CN(C)C(=O)c2ccc(C#CCO)cc2)cs1. The topological polar surface area (TPSA) is 53.4 Å². The standard InChI is InChI=1S/C16H16N2O2S/c1-12-17-15(11-21-12)10-18(2)16(20)14-7-5-13(6-8-14)4-3-9-19/h5-8,11,19H,9-10H2,1-2H3. The second-order valence-corrected chi connectivity index (χ2v) is 5.62. The van der Waals surface area contributed by atoms with E-state index < -0.39 is 0 Å². The number of hydrogen-bond acceptors (Lipinski definition) is 4. The van der Waals surface area contributed by atoms with Crippen LogP contribution in [0, 0.1) is 18.8 Å². The van der Waals surface area contributed by atoms with Gasteiger partial charge >= 0.3 is 0 Å². The fraction of sp³-hybridized carbons (Fsp3) is 0.250. The van der Waals surface area contributed by atoms with Crippen molar-refractivity contribution in [3.05, 3.63) is 51.5 Å². The van der Waals surface area contributed by atoms with Crippen molar-refractivity contribution in [2.45, 2.75) is 13.5 Å². The average Bonchev–Trinajstić information content (AvgIpc) is 2.90. The van der Waals surface area contributed by atoms with Crippen LogP contribution in [-0.2, 0) is 6.54 Å². The van der Waals surface area contributed by atoms with Crippen LogP contribution in [0.3, 0.4) is 0 Å². The summed E-state index contributed by atoms with van der Waals surface area (Å²) in [6.07, 6.45) is 0. The number of benzene rings is 1. The zero-order valence-electron chi connectivity index (χ0n) is 12.0. The number of rotatable bonds is 3. The highest BCUT2D eigenvalue weighted by molar-refractivity contribution is 7.09. The van der Waals surface area contributed by atoms with Crippen molar-refractivity contribution in [3.63, 3.8) is 0 Å². The second kappa shape index (κ2) is 7.02. The molecule has 0 aliphatic heterocycles. The van der Waals surface area contributed by atoms with E-state index in [1.807, 2.05) is 12.3 Å². The first kappa shape index (κ1) is 15.2. The van der Waals surface area contributed by atoms with Crippen molar-refractivity contribution in [1.82, 2.24) is 9.88 Å². The maximum atomic E-state index is 12.3. The molecular formula is C16H16N2O2S. The molecule has 0 spiro atoms. The molecule has 4 nitrogen and oxygen atoms in total. The number of carbonyl (C=O) groups excluding carboxylic acids is 1. The fourth-order valence-corrected chi connectivity index (χ4v) is 2.46. The quantitative estimate of drug-likeness (QED) is 0.883. The number of aryl methyl sites for hydroxylation is 1. The van der Waals surface area contributed by atoms with Gasteiger partial charge in [-0.05, 0) is 31.2 Å². The first-order chi connectivity index (χ1) is 10.1. The Labute approximate surface area is 128 Å². The first-order valence-electron chi connectivity index (χ1n) is 6.46. The van der Waals surface area contributed by atoms with Crippen LogP contribution >= 0.6 is 11.3 Å². The minimum atomic E-state index is -0.170. The van der Waals surface area contributed by atoms with Gasteiger partial charge in [-0.2, -0.15) is 0 Å². The van der Waals surface area contributed by atoms with Crippen molar-refractivity contribution in [2.24, 2.45) is 0 Å². The highest BCUT2D eigenvalue weighted by atomic mass is 32.1. The smallest absolute Gasteiger partial charge is 0.253 e. The van der Waals surface area contributed by atoms with Crippen molar-refractivity contribution in [1.29, 1.82) is 0 Å². The summed E-state index contributed by atoms with van der Waals surface area (Å²) in [5.41, 5.74) is 2.29. The Morgan fingerprint density at radius 3 is 2.67 bits per heavy atom. The summed E-state index contributed by atoms with van der Waals surface area (Å²) in [4.78, 5) is 18.3. The van der Waals surface area contributed by atoms with Crippen LogP contribution in [0.2, 0.25) is 0 Å². The molecule has 0 aliphatic carbocycles. The van der Waals surface area contributed by atoms with Crippen LogP contribution in [0.15, 0.2) is 29.6 Å². The van der Waals surface area contributed by atoms with Gasteiger partial charge in [0.05, 0.1) is 17.2 Å². The summed E-state index contributed by atoms with van der Waals surface area (Å²) in [5, 5.41) is 11.6. The lowest BCUT2D eigenvalue weighted by Crippen LogP contribution is -2.26. The third-order valence-corrected chi connectivity index (χ3v) is 3.68. The number of carbonyl (C=O) groups is 1. The maximum absolute atomic E-state index is 12.3. The summed E-state index contributed by atoms with van der Waals surface area (Å²) in [5.74, 6) is 5.32. The second-order valence-electron chi connectivity index (χ2n) is 4.56. The zero-order valence-corrected chi connectivity index (χ0v) is 12.8. The molecule has 108 valence electrons. The third kappa shape index (κ3) is 4.15. The molecule has 0 aliphatic rings. The van der Waals surface area contributed by atoms with E-state index in [1.54, 1.807) is 47.5 Å². The van der Waals surface area contributed by atoms with Gasteiger partial charge in [0.1, 0.15) is 6.61 Å². The summed E-state index contributed by atoms with van der Waals surface area (Å²) < 4.78 is 0. The highest BCUT2D eigenvalue weighted by Crippen LogP contribution is 2.12. The molecule has 0 saturated heterocycles. The first-order valence-corrected chi connectivity index (χ1v) is 7.34. The van der Waals surface area contributed by atoms with Crippen molar-refractivity contribution >= 4 is 17.2 Å². The van der Waals surface area contributed by atoms with E-state index in [9.17, 15) is 4.79 Å². The molecule has 1 heterocycles. The lowest BCUT2D eigenvalue weighted by molar-refractivity contribution is 0.0783. The molecule has 1 aromatic carbocycles. The lowest BCUT2D eigenvalue weighted by Gasteiger charge is -2.15. The van der Waals surface area contributed by atoms with Crippen LogP contribution in [-0.4, -0.2) is 34.6 Å². The molecule has 21 heavy (non-hydrogen) atoms. The maximum Gasteiger partial charge on any atom is 0.253 e. The molecule has 0 bridgehead atoms. The molecule has 0 radical (unpaired) electrons. The molecule has 0 fully saturated rings. The Balaban J connectivity index is 2.05. The lowest BCUT2D eigenvalue weighted by atomic mass is 10.1. The van der Waals surface area contributed by atoms with Crippen LogP contribution in [0.5, 0.6) is 0 Å². The number of thiazole rings is 1. The number of nitrogens with zero attached hydrogens (tertiary/aromatic N) is 2. The molecule has 2 aromatic rings. The van der Waals surface area contributed by atoms with Crippen molar-refractivity contribution in [3.8, 4) is 11.8 Å². The Hall–Kier alpha value is -2.16. The molecule has 0 unspecified atom stereocenters. The van der Waals surface area contributed by atoms with Crippen LogP contribution < -0.4 is 0 Å². The van der Waals surface area contributed by atoms with E-state index in [0.29, 0.717) is 12.1 Å². The summed E-state index contributed by atoms with van der Waals surface area (Å²) in [6.45, 7) is 2.27. The average molecular weight is 300 g/mol. The third-order valence-electron chi connectivity index (χ3n) is 2.86. The van der Waals surface area contributed by atoms with Crippen molar-refractivity contribution in [2.75, 3.05) is 13.7 Å². The van der Waals surface area contributed by atoms with Gasteiger partial charge < -0.3 is 10.0 Å². The van der Waals surface area contributed by atoms with E-state index >= 15 is 0 Å². The molecule has 5 heteroatoms. The Morgan fingerprint density at radius 2 is 2.10 bits per heavy atom. The van der Waals surface area contributed by atoms with Gasteiger partial charge in [-0.1, -0.05) is 11.8 Å². The normalized spacial score (nSPS) is 9.86. The van der Waals surface area contributed by atoms with Gasteiger partial charge in [-0.25, -0.2) is 4.98 Å². The summed E-state index contributed by atoms with van der Waals surface area (Å²) in [7, 11) is 1.76. The minimum absolute atomic E-state index is 0.0534. The monoisotopic (exact) mass is 300 g/mol. The van der Waals surface area contributed by atoms with Gasteiger partial charge in [0, 0.05) is 23.6 Å². The van der Waals surface area contributed by atoms with Gasteiger partial charge in [-0.15, -0.1) is 11.3 Å². The van der Waals surface area contributed by atoms with Gasteiger partial charge in [0.25, 0.3) is 5.91 Å². The molecule has 1 aromatic heterocycles. The molecular weight excluding hydrogens is 284 g/mol. The Morgan fingerprint density at radius 1 is 1.38 bits per heavy atom. The number of aliphatic hydroxyl groups excluding tert-OH is 1. The van der Waals surface area contributed by atoms with E-state index in [4.69, 9.17) is 5.11 Å². The number of amides is 1. The zero-order chi connectivity index (χ0) is 15.2. The highest BCUT2D eigenvalue weighted by Gasteiger charge is 2.13. The number of hydrogen-bond donors (Lipinski definition) is 1. The molecule has 0 atom stereocenters. The molecule has 2 rings (SSSR count). The number of aliphatic hydroxyl groups is 1. The van der Waals surface area contributed by atoms with Crippen molar-refractivity contribution < 1.29 is 9.90 Å². The predicted molar refractivity (Wildman–Crippen MR) is 83.1 cm³/mol. The molecule has 1 amide bonds. The number of aromatic nitrogens is 1. The summed E-state index contributed by atoms with van der Waals surface area (Å²) in [6, 6.07) is 7.03. The van der Waals surface area contributed by atoms with Gasteiger partial charge in [0.15, 0.2) is 0 Å². The summed E-state index contributed by atoms with van der Waals surface area (Å²) >= 11 is 1.58. The molecule has 0 saturated carbocycles. The van der Waals surface area contributed by atoms with E-state index in [1.165, 1.54) is 0 Å². The Kier molecular flexibility index (Phi) is 5.09. The Bertz CT molecular complexity index is 680. The predicted octanol–water partition coefficient (Wildman–Crippen LogP) is 2.07.